The fourth-order valence-corrected chi connectivity index (χ4v) is 2.31. The number of H-pyrrole nitrogens is 1. The molecule has 27 heavy (non-hydrogen) atoms. The van der Waals surface area contributed by atoms with Crippen molar-refractivity contribution in [1.29, 1.82) is 0 Å². The Morgan fingerprint density at radius 3 is 2.67 bits per heavy atom. The molecule has 0 aliphatic rings. The second kappa shape index (κ2) is 8.26. The van der Waals surface area contributed by atoms with Crippen LogP contribution in [0.25, 0.3) is 11.4 Å². The van der Waals surface area contributed by atoms with Crippen LogP contribution >= 0.6 is 0 Å². The number of hydrogen-bond acceptors (Lipinski definition) is 5. The number of benzene rings is 1. The molecule has 9 heteroatoms. The number of nitrogens with zero attached hydrogens (tertiary/aromatic N) is 3. The number of pyridine rings is 1. The molecule has 0 spiro atoms. The van der Waals surface area contributed by atoms with Crippen molar-refractivity contribution in [1.82, 2.24) is 25.5 Å². The minimum atomic E-state index is -1.05. The van der Waals surface area contributed by atoms with Gasteiger partial charge in [0.15, 0.2) is 17.5 Å². The molecule has 3 rings (SSSR count). The summed E-state index contributed by atoms with van der Waals surface area (Å²) in [6.07, 6.45) is 1.77. The maximum atomic E-state index is 13.3. The zero-order chi connectivity index (χ0) is 19.2. The summed E-state index contributed by atoms with van der Waals surface area (Å²) < 4.78 is 26.3. The molecule has 1 amide bonds. The largest absolute Gasteiger partial charge is 0.350 e. The number of hydrogen-bond donors (Lipinski definition) is 2. The maximum absolute atomic E-state index is 13.3. The number of carbonyl (C=O) groups excluding carboxylic acids is 1. The zero-order valence-electron chi connectivity index (χ0n) is 14.1. The Balaban J connectivity index is 1.60. The van der Waals surface area contributed by atoms with E-state index in [-0.39, 0.29) is 42.4 Å². The number of rotatable bonds is 6. The first kappa shape index (κ1) is 18.3. The first-order valence-electron chi connectivity index (χ1n) is 8.11. The molecule has 3 aromatic rings. The van der Waals surface area contributed by atoms with Gasteiger partial charge in [-0.15, -0.1) is 10.2 Å². The standard InChI is InChI=1S/C18H15F2N5O2/c19-13-5-4-11(9-14(13)20)17-23-18(27)15(24-25-17)6-7-16(26)22-10-12-3-1-2-8-21-12/h1-5,8-9H,6-7,10H2,(H,22,26)(H,23,25,27). The van der Waals surface area contributed by atoms with Crippen molar-refractivity contribution in [2.75, 3.05) is 0 Å². The molecule has 0 aliphatic heterocycles. The van der Waals surface area contributed by atoms with E-state index in [4.69, 9.17) is 0 Å². The highest BCUT2D eigenvalue weighted by atomic mass is 19.2. The third-order valence-corrected chi connectivity index (χ3v) is 3.74. The van der Waals surface area contributed by atoms with Gasteiger partial charge in [0.1, 0.15) is 5.69 Å². The Labute approximate surface area is 152 Å². The van der Waals surface area contributed by atoms with Gasteiger partial charge in [-0.2, -0.15) is 0 Å². The van der Waals surface area contributed by atoms with Gasteiger partial charge in [0, 0.05) is 24.6 Å². The monoisotopic (exact) mass is 371 g/mol. The highest BCUT2D eigenvalue weighted by Gasteiger charge is 2.11. The van der Waals surface area contributed by atoms with Crippen LogP contribution in [0.15, 0.2) is 47.4 Å². The molecule has 7 nitrogen and oxygen atoms in total. The van der Waals surface area contributed by atoms with Crippen molar-refractivity contribution in [3.05, 3.63) is 76.0 Å². The van der Waals surface area contributed by atoms with E-state index in [1.54, 1.807) is 18.3 Å². The molecule has 2 N–H and O–H groups in total. The van der Waals surface area contributed by atoms with E-state index < -0.39 is 17.2 Å². The number of aromatic nitrogens is 4. The highest BCUT2D eigenvalue weighted by Crippen LogP contribution is 2.16. The average Bonchev–Trinajstić information content (AvgIpc) is 2.68. The van der Waals surface area contributed by atoms with Crippen LogP contribution in [0.2, 0.25) is 0 Å². The maximum Gasteiger partial charge on any atom is 0.273 e. The van der Waals surface area contributed by atoms with Gasteiger partial charge in [-0.3, -0.25) is 14.6 Å². The molecule has 0 radical (unpaired) electrons. The van der Waals surface area contributed by atoms with Gasteiger partial charge in [0.25, 0.3) is 5.56 Å². The van der Waals surface area contributed by atoms with Crippen LogP contribution in [0.3, 0.4) is 0 Å². The molecule has 0 aliphatic carbocycles. The van der Waals surface area contributed by atoms with E-state index in [1.807, 2.05) is 6.07 Å². The lowest BCUT2D eigenvalue weighted by Crippen LogP contribution is -2.25. The molecule has 0 unspecified atom stereocenters. The third kappa shape index (κ3) is 4.78. The van der Waals surface area contributed by atoms with Crippen LogP contribution < -0.4 is 10.9 Å². The van der Waals surface area contributed by atoms with Gasteiger partial charge < -0.3 is 10.3 Å². The summed E-state index contributed by atoms with van der Waals surface area (Å²) in [6, 6.07) is 8.51. The fraction of sp³-hybridized carbons (Fsp3) is 0.167. The summed E-state index contributed by atoms with van der Waals surface area (Å²) >= 11 is 0. The predicted molar refractivity (Wildman–Crippen MR) is 92.4 cm³/mol. The summed E-state index contributed by atoms with van der Waals surface area (Å²) in [5, 5.41) is 10.3. The van der Waals surface area contributed by atoms with Crippen LogP contribution in [0.1, 0.15) is 17.8 Å². The van der Waals surface area contributed by atoms with E-state index in [1.165, 1.54) is 6.07 Å². The molecule has 0 saturated carbocycles. The van der Waals surface area contributed by atoms with E-state index >= 15 is 0 Å². The number of nitrogens with one attached hydrogen (secondary N) is 2. The van der Waals surface area contributed by atoms with Gasteiger partial charge in [-0.25, -0.2) is 8.78 Å². The van der Waals surface area contributed by atoms with Crippen molar-refractivity contribution in [3.8, 4) is 11.4 Å². The smallest absolute Gasteiger partial charge is 0.273 e. The molecule has 0 saturated heterocycles. The number of amides is 1. The van der Waals surface area contributed by atoms with Gasteiger partial charge >= 0.3 is 0 Å². The lowest BCUT2D eigenvalue weighted by atomic mass is 10.2. The highest BCUT2D eigenvalue weighted by molar-refractivity contribution is 5.76. The Kier molecular flexibility index (Phi) is 5.60. The van der Waals surface area contributed by atoms with E-state index in [0.29, 0.717) is 0 Å². The van der Waals surface area contributed by atoms with E-state index in [0.717, 1.165) is 17.8 Å². The van der Waals surface area contributed by atoms with Crippen molar-refractivity contribution in [2.45, 2.75) is 19.4 Å². The first-order valence-corrected chi connectivity index (χ1v) is 8.11. The Bertz CT molecular complexity index is 1010. The Hall–Kier alpha value is -3.49. The normalized spacial score (nSPS) is 10.6. The van der Waals surface area contributed by atoms with Gasteiger partial charge in [-0.1, -0.05) is 6.07 Å². The third-order valence-electron chi connectivity index (χ3n) is 3.74. The fourth-order valence-electron chi connectivity index (χ4n) is 2.31. The molecular weight excluding hydrogens is 356 g/mol. The lowest BCUT2D eigenvalue weighted by molar-refractivity contribution is -0.121. The molecule has 0 bridgehead atoms. The second-order valence-corrected chi connectivity index (χ2v) is 5.68. The van der Waals surface area contributed by atoms with Crippen LogP contribution in [0.4, 0.5) is 8.78 Å². The van der Waals surface area contributed by atoms with Crippen LogP contribution in [-0.4, -0.2) is 26.1 Å². The van der Waals surface area contributed by atoms with Crippen LogP contribution in [0, 0.1) is 11.6 Å². The number of aromatic amines is 1. The van der Waals surface area contributed by atoms with E-state index in [2.05, 4.69) is 25.5 Å². The SMILES string of the molecule is O=C(CCc1nnc(-c2ccc(F)c(F)c2)[nH]c1=O)NCc1ccccn1. The van der Waals surface area contributed by atoms with Gasteiger partial charge in [0.05, 0.1) is 12.2 Å². The molecule has 1 aromatic carbocycles. The molecule has 0 fully saturated rings. The summed E-state index contributed by atoms with van der Waals surface area (Å²) in [4.78, 5) is 30.5. The Morgan fingerprint density at radius 2 is 1.96 bits per heavy atom. The summed E-state index contributed by atoms with van der Waals surface area (Å²) in [5.41, 5.74) is 0.453. The molecule has 2 aromatic heterocycles. The van der Waals surface area contributed by atoms with Crippen molar-refractivity contribution in [3.63, 3.8) is 0 Å². The lowest BCUT2D eigenvalue weighted by Gasteiger charge is -2.05. The predicted octanol–water partition coefficient (Wildman–Crippen LogP) is 1.75. The van der Waals surface area contributed by atoms with Gasteiger partial charge in [-0.05, 0) is 30.3 Å². The number of carbonyl (C=O) groups is 1. The topological polar surface area (TPSA) is 101 Å². The van der Waals surface area contributed by atoms with Gasteiger partial charge in [0.2, 0.25) is 5.91 Å². The molecule has 2 heterocycles. The van der Waals surface area contributed by atoms with Crippen molar-refractivity contribution < 1.29 is 13.6 Å². The Morgan fingerprint density at radius 1 is 1.11 bits per heavy atom. The molecule has 138 valence electrons. The second-order valence-electron chi connectivity index (χ2n) is 5.68. The molecule has 0 atom stereocenters. The van der Waals surface area contributed by atoms with Crippen molar-refractivity contribution in [2.24, 2.45) is 0 Å². The van der Waals surface area contributed by atoms with E-state index in [9.17, 15) is 18.4 Å². The molecular formula is C18H15F2N5O2. The summed E-state index contributed by atoms with van der Waals surface area (Å²) in [5.74, 6) is -2.29. The summed E-state index contributed by atoms with van der Waals surface area (Å²) in [6.45, 7) is 0.288. The van der Waals surface area contributed by atoms with Crippen molar-refractivity contribution >= 4 is 5.91 Å². The quantitative estimate of drug-likeness (QED) is 0.688. The zero-order valence-corrected chi connectivity index (χ0v) is 14.1. The first-order chi connectivity index (χ1) is 13.0. The minimum absolute atomic E-state index is 0.0160. The number of halogens is 2. The van der Waals surface area contributed by atoms with Crippen LogP contribution in [0.5, 0.6) is 0 Å². The summed E-state index contributed by atoms with van der Waals surface area (Å²) in [7, 11) is 0. The average molecular weight is 371 g/mol. The van der Waals surface area contributed by atoms with Crippen LogP contribution in [-0.2, 0) is 17.8 Å². The number of aryl methyl sites for hydroxylation is 1. The minimum Gasteiger partial charge on any atom is -0.350 e.